The molecule has 10 rings (SSSR count). The van der Waals surface area contributed by atoms with Crippen molar-refractivity contribution >= 4 is 76.2 Å². The number of hydrogen-bond donors (Lipinski definition) is 0. The standard InChI is InChI=1S/C42H24O2/c1-2-10-28-25(9-1)17-22-36-31-21-19-27(24-39(31)44-42(28)36)41-34-14-5-3-12-32(34)40(33-13-4-6-15-35(33)41)26-18-20-30-29-11-7-8-16-37(29)43-38(30)23-26/h1-24H/i3D,4D,5D,6D,12D,13D,14D,15D. The first-order chi connectivity index (χ1) is 25.1. The predicted molar refractivity (Wildman–Crippen MR) is 184 cm³/mol. The van der Waals surface area contributed by atoms with Crippen LogP contribution in [0.3, 0.4) is 0 Å². The minimum Gasteiger partial charge on any atom is -0.456 e. The lowest BCUT2D eigenvalue weighted by atomic mass is 9.85. The Hall–Kier alpha value is -5.86. The summed E-state index contributed by atoms with van der Waals surface area (Å²) in [5.74, 6) is 0. The van der Waals surface area contributed by atoms with Gasteiger partial charge in [-0.05, 0) is 85.6 Å². The summed E-state index contributed by atoms with van der Waals surface area (Å²) >= 11 is 0. The van der Waals surface area contributed by atoms with Gasteiger partial charge in [-0.25, -0.2) is 0 Å². The lowest BCUT2D eigenvalue weighted by Crippen LogP contribution is -1.90. The van der Waals surface area contributed by atoms with E-state index in [9.17, 15) is 5.48 Å². The van der Waals surface area contributed by atoms with E-state index in [0.29, 0.717) is 33.5 Å². The number of rotatable bonds is 2. The van der Waals surface area contributed by atoms with Crippen molar-refractivity contribution in [3.05, 3.63) is 145 Å². The largest absolute Gasteiger partial charge is 0.456 e. The van der Waals surface area contributed by atoms with Crippen molar-refractivity contribution in [2.75, 3.05) is 0 Å². The van der Waals surface area contributed by atoms with E-state index in [2.05, 4.69) is 0 Å². The van der Waals surface area contributed by atoms with Gasteiger partial charge in [0.25, 0.3) is 0 Å². The highest BCUT2D eigenvalue weighted by Gasteiger charge is 2.19. The van der Waals surface area contributed by atoms with E-state index in [1.807, 2.05) is 84.9 Å². The summed E-state index contributed by atoms with van der Waals surface area (Å²) in [4.78, 5) is 0. The minimum atomic E-state index is -0.450. The summed E-state index contributed by atoms with van der Waals surface area (Å²) in [6.07, 6.45) is 0. The number of fused-ring (bicyclic) bond motifs is 10. The number of hydrogen-bond acceptors (Lipinski definition) is 2. The van der Waals surface area contributed by atoms with Crippen LogP contribution < -0.4 is 0 Å². The first kappa shape index (κ1) is 17.3. The van der Waals surface area contributed by atoms with E-state index in [1.54, 1.807) is 12.1 Å². The third-order valence-electron chi connectivity index (χ3n) is 8.69. The van der Waals surface area contributed by atoms with Crippen LogP contribution >= 0.6 is 0 Å². The van der Waals surface area contributed by atoms with Crippen molar-refractivity contribution in [1.29, 1.82) is 0 Å². The Balaban J connectivity index is 1.39. The normalized spacial score (nSPS) is 14.6. The molecule has 8 aromatic carbocycles. The summed E-state index contributed by atoms with van der Waals surface area (Å²) in [5.41, 5.74) is 3.97. The second-order valence-corrected chi connectivity index (χ2v) is 11.0. The molecule has 0 atom stereocenters. The molecule has 204 valence electrons. The second kappa shape index (κ2) is 8.82. The van der Waals surface area contributed by atoms with Crippen LogP contribution in [0.5, 0.6) is 0 Å². The van der Waals surface area contributed by atoms with Gasteiger partial charge in [0.1, 0.15) is 22.3 Å². The van der Waals surface area contributed by atoms with Crippen LogP contribution in [-0.2, 0) is 0 Å². The van der Waals surface area contributed by atoms with Crippen molar-refractivity contribution in [1.82, 2.24) is 0 Å². The topological polar surface area (TPSA) is 26.3 Å². The fraction of sp³-hybridized carbons (Fsp3) is 0. The second-order valence-electron chi connectivity index (χ2n) is 11.0. The molecule has 10 aromatic rings. The lowest BCUT2D eigenvalue weighted by molar-refractivity contribution is 0.669. The number of para-hydroxylation sites is 1. The van der Waals surface area contributed by atoms with Crippen molar-refractivity contribution in [3.8, 4) is 22.3 Å². The van der Waals surface area contributed by atoms with Crippen LogP contribution in [0.15, 0.2) is 154 Å². The maximum atomic E-state index is 9.29. The molecule has 2 heteroatoms. The number of furan rings is 2. The molecule has 44 heavy (non-hydrogen) atoms. The molecule has 2 aromatic heterocycles. The van der Waals surface area contributed by atoms with Crippen LogP contribution in [-0.4, -0.2) is 0 Å². The van der Waals surface area contributed by atoms with E-state index in [1.165, 1.54) is 0 Å². The third kappa shape index (κ3) is 3.25. The average Bonchev–Trinajstić information content (AvgIpc) is 3.74. The molecule has 0 spiro atoms. The van der Waals surface area contributed by atoms with E-state index >= 15 is 0 Å². The number of benzene rings is 8. The van der Waals surface area contributed by atoms with Crippen LogP contribution in [0, 0.1) is 0 Å². The molecule has 0 aliphatic heterocycles. The molecule has 0 bridgehead atoms. The van der Waals surface area contributed by atoms with Gasteiger partial charge in [-0.2, -0.15) is 0 Å². The molecule has 0 N–H and O–H groups in total. The zero-order valence-electron chi connectivity index (χ0n) is 31.1. The molecule has 0 aliphatic rings. The summed E-state index contributed by atoms with van der Waals surface area (Å²) in [6, 6.07) is 27.5. The van der Waals surface area contributed by atoms with Gasteiger partial charge < -0.3 is 8.83 Å². The molecule has 0 saturated heterocycles. The van der Waals surface area contributed by atoms with E-state index < -0.39 is 24.2 Å². The first-order valence-corrected chi connectivity index (χ1v) is 14.4. The van der Waals surface area contributed by atoms with Crippen LogP contribution in [0.1, 0.15) is 11.0 Å². The van der Waals surface area contributed by atoms with Crippen molar-refractivity contribution < 1.29 is 19.8 Å². The molecule has 2 heterocycles. The lowest BCUT2D eigenvalue weighted by Gasteiger charge is -2.17. The zero-order chi connectivity index (χ0) is 35.7. The summed E-state index contributed by atoms with van der Waals surface area (Å²) in [7, 11) is 0. The Labute approximate surface area is 263 Å². The average molecular weight is 569 g/mol. The van der Waals surface area contributed by atoms with Crippen LogP contribution in [0.2, 0.25) is 0 Å². The summed E-state index contributed by atoms with van der Waals surface area (Å²) in [5, 5.41) is 6.06. The molecular formula is C42H24O2. The van der Waals surface area contributed by atoms with Gasteiger partial charge in [0.05, 0.1) is 11.0 Å². The molecule has 0 aliphatic carbocycles. The highest BCUT2D eigenvalue weighted by Crippen LogP contribution is 2.45. The SMILES string of the molecule is [2H]c1c([2H])c([2H])c2c(-c3ccc4c(c3)oc3c5ccccc5ccc43)c3c([2H])c([2H])c([2H])c([2H])c3c(-c3ccc4c(c3)oc3ccccc34)c2c1[2H]. The summed E-state index contributed by atoms with van der Waals surface area (Å²) in [6.45, 7) is 0. The Morgan fingerprint density at radius 1 is 0.386 bits per heavy atom. The molecule has 2 nitrogen and oxygen atoms in total. The molecule has 0 amide bonds. The molecule has 0 fully saturated rings. The smallest absolute Gasteiger partial charge is 0.143 e. The molecular weight excluding hydrogens is 536 g/mol. The molecule has 0 saturated carbocycles. The van der Waals surface area contributed by atoms with Gasteiger partial charge in [0, 0.05) is 26.9 Å². The van der Waals surface area contributed by atoms with Crippen LogP contribution in [0.4, 0.5) is 0 Å². The van der Waals surface area contributed by atoms with Gasteiger partial charge >= 0.3 is 0 Å². The molecule has 0 radical (unpaired) electrons. The zero-order valence-corrected chi connectivity index (χ0v) is 23.1. The fourth-order valence-corrected chi connectivity index (χ4v) is 6.74. The Kier molecular flexibility index (Phi) is 3.47. The summed E-state index contributed by atoms with van der Waals surface area (Å²) < 4.78 is 84.8. The van der Waals surface area contributed by atoms with E-state index in [4.69, 9.17) is 14.3 Å². The Bertz CT molecular complexity index is 3150. The van der Waals surface area contributed by atoms with Gasteiger partial charge in [0.2, 0.25) is 0 Å². The van der Waals surface area contributed by atoms with Gasteiger partial charge in [-0.3, -0.25) is 0 Å². The predicted octanol–water partition coefficient (Wildman–Crippen LogP) is 12.3. The minimum absolute atomic E-state index is 0.143. The maximum Gasteiger partial charge on any atom is 0.143 e. The van der Waals surface area contributed by atoms with Crippen molar-refractivity contribution in [3.63, 3.8) is 0 Å². The third-order valence-corrected chi connectivity index (χ3v) is 8.69. The monoisotopic (exact) mass is 568 g/mol. The fourth-order valence-electron chi connectivity index (χ4n) is 6.74. The van der Waals surface area contributed by atoms with E-state index in [0.717, 1.165) is 32.3 Å². The highest BCUT2D eigenvalue weighted by molar-refractivity contribution is 6.23. The van der Waals surface area contributed by atoms with Gasteiger partial charge in [0.15, 0.2) is 0 Å². The van der Waals surface area contributed by atoms with Gasteiger partial charge in [-0.1, -0.05) is 109 Å². The van der Waals surface area contributed by atoms with Crippen molar-refractivity contribution in [2.24, 2.45) is 0 Å². The van der Waals surface area contributed by atoms with Crippen LogP contribution in [0.25, 0.3) is 98.4 Å². The quantitative estimate of drug-likeness (QED) is 0.194. The highest BCUT2D eigenvalue weighted by atomic mass is 16.3. The first-order valence-electron chi connectivity index (χ1n) is 18.4. The maximum absolute atomic E-state index is 9.29. The molecule has 0 unspecified atom stereocenters. The van der Waals surface area contributed by atoms with Crippen molar-refractivity contribution in [2.45, 2.75) is 0 Å². The Morgan fingerprint density at radius 3 is 1.55 bits per heavy atom. The van der Waals surface area contributed by atoms with E-state index in [-0.39, 0.29) is 56.8 Å². The van der Waals surface area contributed by atoms with Gasteiger partial charge in [-0.15, -0.1) is 0 Å². The Morgan fingerprint density at radius 2 is 0.886 bits per heavy atom.